The van der Waals surface area contributed by atoms with E-state index in [1.807, 2.05) is 0 Å². The lowest BCUT2D eigenvalue weighted by Crippen LogP contribution is -2.63. The molecule has 2 rings (SSSR count). The summed E-state index contributed by atoms with van der Waals surface area (Å²) in [6.45, 7) is 6.63. The zero-order valence-corrected chi connectivity index (χ0v) is 10.6. The molecule has 100 valence electrons. The smallest absolute Gasteiger partial charge is 0.283 e. The van der Waals surface area contributed by atoms with Gasteiger partial charge in [-0.05, 0) is 5.92 Å². The van der Waals surface area contributed by atoms with E-state index < -0.39 is 18.3 Å². The minimum absolute atomic E-state index is 0.253. The van der Waals surface area contributed by atoms with Crippen LogP contribution in [-0.2, 0) is 4.74 Å². The van der Waals surface area contributed by atoms with Gasteiger partial charge in [-0.25, -0.2) is 8.78 Å². The van der Waals surface area contributed by atoms with Gasteiger partial charge in [-0.3, -0.25) is 5.32 Å². The first-order valence-electron chi connectivity index (χ1n) is 6.40. The molecule has 0 aromatic heterocycles. The van der Waals surface area contributed by atoms with Crippen LogP contribution >= 0.6 is 0 Å². The Balaban J connectivity index is 1.82. The minimum Gasteiger partial charge on any atom is -0.354 e. The standard InChI is InChI=1S/C12H22F2N2O/c1-10(2)7-16-5-3-12(4-6-16)15-8-11(13,14)9-17-12/h10,15H,3-9H2,1-2H3. The maximum atomic E-state index is 13.0. The van der Waals surface area contributed by atoms with Crippen molar-refractivity contribution in [3.05, 3.63) is 0 Å². The van der Waals surface area contributed by atoms with Gasteiger partial charge >= 0.3 is 0 Å². The van der Waals surface area contributed by atoms with Crippen LogP contribution in [0.4, 0.5) is 8.78 Å². The maximum absolute atomic E-state index is 13.0. The molecule has 3 nitrogen and oxygen atoms in total. The molecule has 1 spiro atoms. The molecule has 0 aliphatic carbocycles. The van der Waals surface area contributed by atoms with Crippen LogP contribution in [0, 0.1) is 5.92 Å². The molecule has 17 heavy (non-hydrogen) atoms. The first-order valence-corrected chi connectivity index (χ1v) is 6.40. The Labute approximate surface area is 101 Å². The summed E-state index contributed by atoms with van der Waals surface area (Å²) in [4.78, 5) is 2.38. The number of nitrogens with one attached hydrogen (secondary N) is 1. The molecule has 0 aromatic rings. The van der Waals surface area contributed by atoms with Crippen LogP contribution in [0.2, 0.25) is 0 Å². The fraction of sp³-hybridized carbons (Fsp3) is 1.00. The summed E-state index contributed by atoms with van der Waals surface area (Å²) in [5, 5.41) is 2.90. The summed E-state index contributed by atoms with van der Waals surface area (Å²) in [7, 11) is 0. The van der Waals surface area contributed by atoms with E-state index in [2.05, 4.69) is 24.1 Å². The molecule has 2 saturated heterocycles. The van der Waals surface area contributed by atoms with E-state index in [0.717, 1.165) is 32.5 Å². The van der Waals surface area contributed by atoms with Gasteiger partial charge in [0.1, 0.15) is 12.3 Å². The summed E-state index contributed by atoms with van der Waals surface area (Å²) in [6.07, 6.45) is 1.60. The zero-order valence-electron chi connectivity index (χ0n) is 10.6. The predicted octanol–water partition coefficient (Wildman–Crippen LogP) is 1.69. The van der Waals surface area contributed by atoms with E-state index >= 15 is 0 Å². The highest BCUT2D eigenvalue weighted by molar-refractivity contribution is 4.91. The summed E-state index contributed by atoms with van der Waals surface area (Å²) in [5.41, 5.74) is -0.491. The van der Waals surface area contributed by atoms with Gasteiger partial charge in [0.25, 0.3) is 5.92 Å². The molecule has 0 aromatic carbocycles. The monoisotopic (exact) mass is 248 g/mol. The number of piperidine rings is 1. The fourth-order valence-corrected chi connectivity index (χ4v) is 2.57. The molecule has 0 bridgehead atoms. The van der Waals surface area contributed by atoms with E-state index in [1.54, 1.807) is 0 Å². The van der Waals surface area contributed by atoms with Crippen molar-refractivity contribution in [2.24, 2.45) is 5.92 Å². The summed E-state index contributed by atoms with van der Waals surface area (Å²) >= 11 is 0. The van der Waals surface area contributed by atoms with Crippen molar-refractivity contribution in [1.82, 2.24) is 10.2 Å². The molecule has 1 N–H and O–H groups in total. The third-order valence-corrected chi connectivity index (χ3v) is 3.52. The predicted molar refractivity (Wildman–Crippen MR) is 62.1 cm³/mol. The van der Waals surface area contributed by atoms with Gasteiger partial charge in [0.2, 0.25) is 0 Å². The van der Waals surface area contributed by atoms with E-state index in [0.29, 0.717) is 5.92 Å². The Morgan fingerprint density at radius 2 is 1.94 bits per heavy atom. The Hall–Kier alpha value is -0.260. The third-order valence-electron chi connectivity index (χ3n) is 3.52. The molecular formula is C12H22F2N2O. The number of halogens is 2. The lowest BCUT2D eigenvalue weighted by atomic mass is 9.97. The van der Waals surface area contributed by atoms with Crippen LogP contribution in [0.15, 0.2) is 0 Å². The molecule has 0 unspecified atom stereocenters. The van der Waals surface area contributed by atoms with Crippen LogP contribution in [0.1, 0.15) is 26.7 Å². The van der Waals surface area contributed by atoms with Crippen molar-refractivity contribution in [2.45, 2.75) is 38.3 Å². The summed E-state index contributed by atoms with van der Waals surface area (Å²) in [5.74, 6) is -2.06. The van der Waals surface area contributed by atoms with E-state index in [9.17, 15) is 8.78 Å². The minimum atomic E-state index is -2.71. The number of ether oxygens (including phenoxy) is 1. The van der Waals surface area contributed by atoms with Gasteiger partial charge in [-0.1, -0.05) is 13.8 Å². The van der Waals surface area contributed by atoms with Crippen molar-refractivity contribution in [3.8, 4) is 0 Å². The van der Waals surface area contributed by atoms with Crippen LogP contribution in [0.25, 0.3) is 0 Å². The molecule has 0 atom stereocenters. The fourth-order valence-electron chi connectivity index (χ4n) is 2.57. The maximum Gasteiger partial charge on any atom is 0.283 e. The second kappa shape index (κ2) is 4.78. The lowest BCUT2D eigenvalue weighted by Gasteiger charge is -2.46. The molecular weight excluding hydrogens is 226 g/mol. The van der Waals surface area contributed by atoms with Gasteiger partial charge in [0, 0.05) is 32.5 Å². The van der Waals surface area contributed by atoms with Gasteiger partial charge in [0.15, 0.2) is 0 Å². The SMILES string of the molecule is CC(C)CN1CCC2(CC1)NCC(F)(F)CO2. The molecule has 0 amide bonds. The highest BCUT2D eigenvalue weighted by Crippen LogP contribution is 2.30. The van der Waals surface area contributed by atoms with Crippen molar-refractivity contribution < 1.29 is 13.5 Å². The second-order valence-electron chi connectivity index (χ2n) is 5.69. The molecule has 2 aliphatic heterocycles. The molecule has 0 saturated carbocycles. The number of hydrogen-bond acceptors (Lipinski definition) is 3. The van der Waals surface area contributed by atoms with Gasteiger partial charge in [-0.15, -0.1) is 0 Å². The highest BCUT2D eigenvalue weighted by atomic mass is 19.3. The van der Waals surface area contributed by atoms with E-state index in [1.165, 1.54) is 0 Å². The van der Waals surface area contributed by atoms with Crippen LogP contribution in [-0.4, -0.2) is 49.3 Å². The number of rotatable bonds is 2. The topological polar surface area (TPSA) is 24.5 Å². The van der Waals surface area contributed by atoms with Crippen molar-refractivity contribution in [3.63, 3.8) is 0 Å². The van der Waals surface area contributed by atoms with Crippen molar-refractivity contribution in [2.75, 3.05) is 32.8 Å². The number of likely N-dealkylation sites (tertiary alicyclic amines) is 1. The summed E-state index contributed by atoms with van der Waals surface area (Å²) in [6, 6.07) is 0. The first kappa shape index (κ1) is 13.2. The summed E-state index contributed by atoms with van der Waals surface area (Å²) < 4.78 is 31.4. The Kier molecular flexibility index (Phi) is 3.71. The average molecular weight is 248 g/mol. The Morgan fingerprint density at radius 3 is 2.41 bits per heavy atom. The zero-order chi connectivity index (χ0) is 12.5. The third kappa shape index (κ3) is 3.36. The van der Waals surface area contributed by atoms with Crippen molar-refractivity contribution >= 4 is 0 Å². The van der Waals surface area contributed by atoms with Crippen LogP contribution in [0.5, 0.6) is 0 Å². The largest absolute Gasteiger partial charge is 0.354 e. The normalized spacial score (nSPS) is 28.8. The van der Waals surface area contributed by atoms with Crippen molar-refractivity contribution in [1.29, 1.82) is 0 Å². The molecule has 0 radical (unpaired) electrons. The van der Waals surface area contributed by atoms with Gasteiger partial charge in [0.05, 0.1) is 6.54 Å². The van der Waals surface area contributed by atoms with E-state index in [-0.39, 0.29) is 6.54 Å². The number of nitrogens with zero attached hydrogens (tertiary/aromatic N) is 1. The van der Waals surface area contributed by atoms with Gasteiger partial charge in [-0.2, -0.15) is 0 Å². The molecule has 2 aliphatic rings. The first-order chi connectivity index (χ1) is 7.91. The average Bonchev–Trinajstić information content (AvgIpc) is 2.26. The molecule has 2 heterocycles. The number of hydrogen-bond donors (Lipinski definition) is 1. The van der Waals surface area contributed by atoms with Gasteiger partial charge < -0.3 is 9.64 Å². The van der Waals surface area contributed by atoms with E-state index in [4.69, 9.17) is 4.74 Å². The highest BCUT2D eigenvalue weighted by Gasteiger charge is 2.45. The van der Waals surface area contributed by atoms with Crippen LogP contribution < -0.4 is 5.32 Å². The molecule has 2 fully saturated rings. The second-order valence-corrected chi connectivity index (χ2v) is 5.69. The Bertz CT molecular complexity index is 251. The lowest BCUT2D eigenvalue weighted by molar-refractivity contribution is -0.208. The number of alkyl halides is 2. The quantitative estimate of drug-likeness (QED) is 0.805. The molecule has 5 heteroatoms. The Morgan fingerprint density at radius 1 is 1.29 bits per heavy atom. The van der Waals surface area contributed by atoms with Crippen LogP contribution in [0.3, 0.4) is 0 Å².